The van der Waals surface area contributed by atoms with Crippen molar-refractivity contribution in [3.63, 3.8) is 0 Å². The highest BCUT2D eigenvalue weighted by atomic mass is 19.1. The van der Waals surface area contributed by atoms with Gasteiger partial charge in [0.1, 0.15) is 17.4 Å². The van der Waals surface area contributed by atoms with Crippen LogP contribution in [-0.4, -0.2) is 31.3 Å². The first kappa shape index (κ1) is 18.5. The van der Waals surface area contributed by atoms with Crippen LogP contribution in [0, 0.1) is 0 Å². The van der Waals surface area contributed by atoms with E-state index in [9.17, 15) is 9.18 Å². The predicted octanol–water partition coefficient (Wildman–Crippen LogP) is 3.72. The molecule has 0 amide bonds. The van der Waals surface area contributed by atoms with Gasteiger partial charge in [-0.05, 0) is 50.8 Å². The zero-order valence-corrected chi connectivity index (χ0v) is 14.9. The minimum atomic E-state index is -0.441. The van der Waals surface area contributed by atoms with Gasteiger partial charge in [-0.25, -0.2) is 4.39 Å². The second-order valence-electron chi connectivity index (χ2n) is 6.51. The molecule has 0 bridgehead atoms. The molecule has 1 saturated heterocycles. The van der Waals surface area contributed by atoms with Crippen molar-refractivity contribution in [3.05, 3.63) is 47.0 Å². The SMILES string of the molecule is C=C(C)C1=C(C(C=C(C)F)=CC)CCC2(CNC(C(=O)OC)C2)O1. The van der Waals surface area contributed by atoms with Gasteiger partial charge in [-0.3, -0.25) is 4.79 Å². The number of hydrogen-bond acceptors (Lipinski definition) is 4. The molecule has 0 aromatic carbocycles. The van der Waals surface area contributed by atoms with Gasteiger partial charge >= 0.3 is 5.97 Å². The fourth-order valence-electron chi connectivity index (χ4n) is 3.38. The second kappa shape index (κ2) is 7.34. The zero-order valence-electron chi connectivity index (χ0n) is 14.9. The highest BCUT2D eigenvalue weighted by Crippen LogP contribution is 2.42. The molecule has 0 radical (unpaired) electrons. The summed E-state index contributed by atoms with van der Waals surface area (Å²) in [5.41, 5.74) is 2.14. The summed E-state index contributed by atoms with van der Waals surface area (Å²) in [5, 5.41) is 3.18. The lowest BCUT2D eigenvalue weighted by Crippen LogP contribution is -2.38. The molecule has 4 nitrogen and oxygen atoms in total. The minimum absolute atomic E-state index is 0.245. The maximum atomic E-state index is 13.4. The Morgan fingerprint density at radius 2 is 2.21 bits per heavy atom. The molecule has 132 valence electrons. The van der Waals surface area contributed by atoms with E-state index < -0.39 is 5.60 Å². The van der Waals surface area contributed by atoms with E-state index in [1.165, 1.54) is 20.1 Å². The van der Waals surface area contributed by atoms with Crippen molar-refractivity contribution in [1.82, 2.24) is 5.32 Å². The van der Waals surface area contributed by atoms with Gasteiger partial charge in [0.05, 0.1) is 12.9 Å². The molecule has 5 heteroatoms. The molecule has 2 atom stereocenters. The third-order valence-electron chi connectivity index (χ3n) is 4.56. The van der Waals surface area contributed by atoms with Gasteiger partial charge in [-0.1, -0.05) is 12.7 Å². The van der Waals surface area contributed by atoms with Crippen molar-refractivity contribution in [2.24, 2.45) is 0 Å². The first-order valence-corrected chi connectivity index (χ1v) is 8.21. The summed E-state index contributed by atoms with van der Waals surface area (Å²) in [7, 11) is 1.39. The van der Waals surface area contributed by atoms with Crippen LogP contribution in [0.5, 0.6) is 0 Å². The number of carbonyl (C=O) groups excluding carboxylic acids is 1. The van der Waals surface area contributed by atoms with E-state index in [2.05, 4.69) is 11.9 Å². The number of carbonyl (C=O) groups is 1. The van der Waals surface area contributed by atoms with E-state index in [1.807, 2.05) is 19.9 Å². The van der Waals surface area contributed by atoms with Crippen molar-refractivity contribution in [2.75, 3.05) is 13.7 Å². The van der Waals surface area contributed by atoms with Crippen molar-refractivity contribution >= 4 is 5.97 Å². The second-order valence-corrected chi connectivity index (χ2v) is 6.51. The van der Waals surface area contributed by atoms with E-state index >= 15 is 0 Å². The summed E-state index contributed by atoms with van der Waals surface area (Å²) in [6.45, 7) is 9.79. The van der Waals surface area contributed by atoms with Gasteiger partial charge in [0.2, 0.25) is 0 Å². The van der Waals surface area contributed by atoms with Crippen molar-refractivity contribution in [3.8, 4) is 0 Å². The van der Waals surface area contributed by atoms with E-state index in [0.29, 0.717) is 18.7 Å². The Morgan fingerprint density at radius 1 is 1.50 bits per heavy atom. The number of methoxy groups -OCH3 is 1. The molecule has 0 aromatic heterocycles. The van der Waals surface area contributed by atoms with Crippen LogP contribution in [0.25, 0.3) is 0 Å². The van der Waals surface area contributed by atoms with E-state index in [1.54, 1.807) is 0 Å². The first-order valence-electron chi connectivity index (χ1n) is 8.21. The highest BCUT2D eigenvalue weighted by Gasteiger charge is 2.46. The summed E-state index contributed by atoms with van der Waals surface area (Å²) >= 11 is 0. The molecule has 1 spiro atoms. The number of rotatable bonds is 4. The Kier molecular flexibility index (Phi) is 5.65. The molecular weight excluding hydrogens is 309 g/mol. The summed E-state index contributed by atoms with van der Waals surface area (Å²) in [5.74, 6) is 0.191. The highest BCUT2D eigenvalue weighted by molar-refractivity contribution is 5.76. The molecule has 0 saturated carbocycles. The molecule has 2 rings (SSSR count). The molecule has 2 heterocycles. The number of ether oxygens (including phenoxy) is 2. The van der Waals surface area contributed by atoms with Crippen molar-refractivity contribution < 1.29 is 18.7 Å². The summed E-state index contributed by atoms with van der Waals surface area (Å²) in [4.78, 5) is 11.8. The lowest BCUT2D eigenvalue weighted by Gasteiger charge is -2.37. The Labute approximate surface area is 143 Å². The largest absolute Gasteiger partial charge is 0.485 e. The quantitative estimate of drug-likeness (QED) is 0.628. The van der Waals surface area contributed by atoms with Crippen molar-refractivity contribution in [1.29, 1.82) is 0 Å². The van der Waals surface area contributed by atoms with Gasteiger partial charge in [-0.15, -0.1) is 0 Å². The Balaban J connectivity index is 2.31. The standard InChI is InChI=1S/C19H26FNO3/c1-6-14(9-13(4)20)15-7-8-19(24-17(15)12(2)3)10-16(21-11-19)18(22)23-5/h6,9,16,21H,2,7-8,10-11H2,1,3-5H3. The maximum Gasteiger partial charge on any atom is 0.323 e. The van der Waals surface area contributed by atoms with Gasteiger partial charge < -0.3 is 14.8 Å². The van der Waals surface area contributed by atoms with Crippen LogP contribution in [0.3, 0.4) is 0 Å². The Hall–Kier alpha value is -1.88. The summed E-state index contributed by atoms with van der Waals surface area (Å²) in [6, 6.07) is -0.350. The van der Waals surface area contributed by atoms with Crippen LogP contribution in [0.1, 0.15) is 40.0 Å². The molecule has 2 aliphatic heterocycles. The Bertz CT molecular complexity index is 629. The summed E-state index contributed by atoms with van der Waals surface area (Å²) < 4.78 is 24.5. The monoisotopic (exact) mass is 335 g/mol. The Morgan fingerprint density at radius 3 is 2.75 bits per heavy atom. The minimum Gasteiger partial charge on any atom is -0.485 e. The molecular formula is C19H26FNO3. The first-order chi connectivity index (χ1) is 11.3. The van der Waals surface area contributed by atoms with Gasteiger partial charge in [0.15, 0.2) is 0 Å². The molecule has 2 aliphatic rings. The number of hydrogen-bond donors (Lipinski definition) is 1. The van der Waals surface area contributed by atoms with Crippen LogP contribution in [0.15, 0.2) is 47.0 Å². The fourth-order valence-corrected chi connectivity index (χ4v) is 3.38. The smallest absolute Gasteiger partial charge is 0.323 e. The lowest BCUT2D eigenvalue weighted by molar-refractivity contribution is -0.143. The molecule has 1 N–H and O–H groups in total. The molecule has 2 unspecified atom stereocenters. The normalized spacial score (nSPS) is 28.1. The number of halogens is 1. The average molecular weight is 335 g/mol. The lowest BCUT2D eigenvalue weighted by atomic mass is 9.85. The number of esters is 1. The molecule has 0 aromatic rings. The third kappa shape index (κ3) is 3.78. The van der Waals surface area contributed by atoms with Crippen LogP contribution < -0.4 is 5.32 Å². The summed E-state index contributed by atoms with van der Waals surface area (Å²) in [6.07, 6.45) is 5.47. The molecule has 1 fully saturated rings. The average Bonchev–Trinajstić information content (AvgIpc) is 2.95. The molecule has 24 heavy (non-hydrogen) atoms. The topological polar surface area (TPSA) is 47.6 Å². The number of nitrogens with one attached hydrogen (secondary N) is 1. The van der Waals surface area contributed by atoms with Gasteiger partial charge in [-0.2, -0.15) is 0 Å². The number of allylic oxidation sites excluding steroid dienone is 6. The van der Waals surface area contributed by atoms with E-state index in [0.717, 1.165) is 29.6 Å². The van der Waals surface area contributed by atoms with Crippen LogP contribution >= 0.6 is 0 Å². The van der Waals surface area contributed by atoms with E-state index in [-0.39, 0.29) is 17.8 Å². The molecule has 0 aliphatic carbocycles. The predicted molar refractivity (Wildman–Crippen MR) is 91.9 cm³/mol. The van der Waals surface area contributed by atoms with Gasteiger partial charge in [0.25, 0.3) is 0 Å². The van der Waals surface area contributed by atoms with Crippen LogP contribution in [0.2, 0.25) is 0 Å². The van der Waals surface area contributed by atoms with E-state index in [4.69, 9.17) is 9.47 Å². The zero-order chi connectivity index (χ0) is 17.9. The van der Waals surface area contributed by atoms with Crippen LogP contribution in [0.4, 0.5) is 4.39 Å². The fraction of sp³-hybridized carbons (Fsp3) is 0.526. The maximum absolute atomic E-state index is 13.4. The third-order valence-corrected chi connectivity index (χ3v) is 4.56. The van der Waals surface area contributed by atoms with Gasteiger partial charge in [0, 0.05) is 18.5 Å². The van der Waals surface area contributed by atoms with Crippen LogP contribution in [-0.2, 0) is 14.3 Å². The van der Waals surface area contributed by atoms with Crippen molar-refractivity contribution in [2.45, 2.75) is 51.7 Å².